The average Bonchev–Trinajstić information content (AvgIpc) is 3.62. The molecular weight excluding hydrogens is 493 g/mol. The minimum Gasteiger partial charge on any atom is -0.497 e. The molecule has 35 heavy (non-hydrogen) atoms. The molecule has 0 radical (unpaired) electrons. The third-order valence-electron chi connectivity index (χ3n) is 5.88. The van der Waals surface area contributed by atoms with Gasteiger partial charge in [0.25, 0.3) is 0 Å². The van der Waals surface area contributed by atoms with Crippen LogP contribution in [-0.2, 0) is 21.4 Å². The second kappa shape index (κ2) is 9.40. The Balaban J connectivity index is 1.51. The highest BCUT2D eigenvalue weighted by atomic mass is 32.2. The number of amides is 1. The van der Waals surface area contributed by atoms with Crippen LogP contribution in [0.1, 0.15) is 18.6 Å². The number of furan rings is 1. The molecule has 182 valence electrons. The zero-order valence-electron chi connectivity index (χ0n) is 18.8. The Morgan fingerprint density at radius 1 is 1.26 bits per heavy atom. The predicted octanol–water partition coefficient (Wildman–Crippen LogP) is 4.42. The third-order valence-corrected chi connectivity index (χ3v) is 8.85. The summed E-state index contributed by atoms with van der Waals surface area (Å²) in [5, 5.41) is 0.431. The zero-order chi connectivity index (χ0) is 24.6. The number of methoxy groups -OCH3 is 1. The van der Waals surface area contributed by atoms with E-state index in [-0.39, 0.29) is 18.0 Å². The van der Waals surface area contributed by atoms with Crippen LogP contribution in [0.4, 0.5) is 9.52 Å². The monoisotopic (exact) mass is 515 g/mol. The molecule has 0 aliphatic carbocycles. The van der Waals surface area contributed by atoms with Crippen molar-refractivity contribution in [1.29, 1.82) is 0 Å². The molecule has 1 atom stereocenters. The van der Waals surface area contributed by atoms with Crippen LogP contribution in [-0.4, -0.2) is 43.3 Å². The number of nitrogens with zero attached hydrogens (tertiary/aromatic N) is 3. The fourth-order valence-electron chi connectivity index (χ4n) is 4.13. The van der Waals surface area contributed by atoms with Crippen LogP contribution in [0.15, 0.2) is 70.2 Å². The quantitative estimate of drug-likeness (QED) is 0.362. The van der Waals surface area contributed by atoms with Crippen molar-refractivity contribution in [3.63, 3.8) is 0 Å². The molecule has 5 rings (SSSR count). The Bertz CT molecular complexity index is 1450. The van der Waals surface area contributed by atoms with Crippen molar-refractivity contribution in [1.82, 2.24) is 9.29 Å². The number of ether oxygens (including phenoxy) is 1. The number of fused-ring (bicyclic) bond motifs is 1. The number of carbonyl (C=O) groups is 1. The van der Waals surface area contributed by atoms with Gasteiger partial charge < -0.3 is 9.15 Å². The van der Waals surface area contributed by atoms with E-state index in [1.807, 2.05) is 12.1 Å². The van der Waals surface area contributed by atoms with E-state index < -0.39 is 27.8 Å². The van der Waals surface area contributed by atoms with Crippen molar-refractivity contribution in [2.24, 2.45) is 0 Å². The van der Waals surface area contributed by atoms with Crippen molar-refractivity contribution in [3.05, 3.63) is 72.4 Å². The van der Waals surface area contributed by atoms with E-state index in [1.54, 1.807) is 25.3 Å². The number of anilines is 1. The molecule has 1 aliphatic heterocycles. The third kappa shape index (κ3) is 4.54. The molecule has 1 saturated heterocycles. The highest BCUT2D eigenvalue weighted by Crippen LogP contribution is 2.35. The molecule has 11 heteroatoms. The molecule has 1 aliphatic rings. The minimum atomic E-state index is -4.00. The average molecular weight is 516 g/mol. The zero-order valence-corrected chi connectivity index (χ0v) is 20.4. The van der Waals surface area contributed by atoms with Crippen LogP contribution in [0.3, 0.4) is 0 Å². The summed E-state index contributed by atoms with van der Waals surface area (Å²) >= 11 is 1.31. The lowest BCUT2D eigenvalue weighted by Crippen LogP contribution is -2.47. The lowest BCUT2D eigenvalue weighted by atomic mass is 10.2. The van der Waals surface area contributed by atoms with Gasteiger partial charge >= 0.3 is 0 Å². The van der Waals surface area contributed by atoms with E-state index in [2.05, 4.69) is 4.98 Å². The van der Waals surface area contributed by atoms with Gasteiger partial charge in [-0.2, -0.15) is 4.31 Å². The normalized spacial score (nSPS) is 16.6. The van der Waals surface area contributed by atoms with Crippen LogP contribution in [0.5, 0.6) is 5.75 Å². The Hall–Kier alpha value is -3.28. The van der Waals surface area contributed by atoms with Crippen LogP contribution in [0, 0.1) is 5.82 Å². The predicted molar refractivity (Wildman–Crippen MR) is 129 cm³/mol. The van der Waals surface area contributed by atoms with Gasteiger partial charge in [0.05, 0.1) is 35.0 Å². The molecular formula is C24H22FN3O5S2. The van der Waals surface area contributed by atoms with Crippen molar-refractivity contribution in [2.75, 3.05) is 18.6 Å². The highest BCUT2D eigenvalue weighted by Gasteiger charge is 2.42. The lowest BCUT2D eigenvalue weighted by Gasteiger charge is -2.28. The van der Waals surface area contributed by atoms with Gasteiger partial charge in [-0.05, 0) is 67.4 Å². The van der Waals surface area contributed by atoms with Gasteiger partial charge in [0.2, 0.25) is 15.9 Å². The molecule has 1 unspecified atom stereocenters. The first kappa shape index (κ1) is 23.5. The Labute approximate surface area is 205 Å². The molecule has 0 spiro atoms. The number of thiazole rings is 1. The molecule has 2 aromatic heterocycles. The van der Waals surface area contributed by atoms with E-state index in [9.17, 15) is 17.6 Å². The van der Waals surface area contributed by atoms with Crippen LogP contribution >= 0.6 is 11.3 Å². The van der Waals surface area contributed by atoms with Crippen molar-refractivity contribution in [2.45, 2.75) is 30.3 Å². The lowest BCUT2D eigenvalue weighted by molar-refractivity contribution is -0.121. The molecule has 4 aromatic rings. The van der Waals surface area contributed by atoms with Gasteiger partial charge in [-0.1, -0.05) is 11.3 Å². The van der Waals surface area contributed by atoms with Crippen molar-refractivity contribution >= 4 is 42.6 Å². The molecule has 1 fully saturated rings. The fourth-order valence-corrected chi connectivity index (χ4v) is 6.78. The smallest absolute Gasteiger partial charge is 0.247 e. The summed E-state index contributed by atoms with van der Waals surface area (Å²) in [4.78, 5) is 19.9. The maximum atomic E-state index is 13.9. The second-order valence-electron chi connectivity index (χ2n) is 8.06. The number of halogens is 1. The maximum absolute atomic E-state index is 13.9. The van der Waals surface area contributed by atoms with E-state index in [0.29, 0.717) is 35.0 Å². The molecule has 0 bridgehead atoms. The number of benzene rings is 2. The number of hydrogen-bond donors (Lipinski definition) is 0. The van der Waals surface area contributed by atoms with Gasteiger partial charge in [0.15, 0.2) is 5.13 Å². The van der Waals surface area contributed by atoms with Crippen LogP contribution in [0.2, 0.25) is 0 Å². The van der Waals surface area contributed by atoms with E-state index in [0.717, 1.165) is 16.8 Å². The number of carbonyl (C=O) groups excluding carboxylic acids is 1. The van der Waals surface area contributed by atoms with Gasteiger partial charge in [-0.3, -0.25) is 9.69 Å². The highest BCUT2D eigenvalue weighted by molar-refractivity contribution is 7.89. The summed E-state index contributed by atoms with van der Waals surface area (Å²) in [6.07, 6.45) is 2.41. The first-order valence-electron chi connectivity index (χ1n) is 10.9. The number of aromatic nitrogens is 1. The molecule has 3 heterocycles. The van der Waals surface area contributed by atoms with E-state index >= 15 is 0 Å². The van der Waals surface area contributed by atoms with E-state index in [1.165, 1.54) is 38.9 Å². The van der Waals surface area contributed by atoms with Gasteiger partial charge in [-0.15, -0.1) is 0 Å². The van der Waals surface area contributed by atoms with E-state index in [4.69, 9.17) is 9.15 Å². The number of sulfonamides is 1. The second-order valence-corrected chi connectivity index (χ2v) is 11.0. The topological polar surface area (TPSA) is 92.9 Å². The van der Waals surface area contributed by atoms with Crippen molar-refractivity contribution < 1.29 is 26.8 Å². The summed E-state index contributed by atoms with van der Waals surface area (Å²) in [5.74, 6) is 0.288. The molecule has 0 N–H and O–H groups in total. The first-order valence-corrected chi connectivity index (χ1v) is 13.2. The van der Waals surface area contributed by atoms with Gasteiger partial charge in [0.1, 0.15) is 23.4 Å². The van der Waals surface area contributed by atoms with Gasteiger partial charge in [-0.25, -0.2) is 17.8 Å². The molecule has 0 saturated carbocycles. The number of hydrogen-bond acceptors (Lipinski definition) is 7. The largest absolute Gasteiger partial charge is 0.497 e. The summed E-state index contributed by atoms with van der Waals surface area (Å²) in [6.45, 7) is 0.297. The van der Waals surface area contributed by atoms with Crippen LogP contribution < -0.4 is 9.64 Å². The molecule has 2 aromatic carbocycles. The van der Waals surface area contributed by atoms with Crippen molar-refractivity contribution in [3.8, 4) is 5.75 Å². The standard InChI is InChI=1S/C24H22FN3O5S2/c1-32-17-8-11-20-22(14-17)34-24(26-20)27(15-18-4-3-13-33-18)23(29)21-5-2-12-28(21)35(30,31)19-9-6-16(25)7-10-19/h3-4,6-11,13-14,21H,2,5,12,15H2,1H3. The summed E-state index contributed by atoms with van der Waals surface area (Å²) in [5.41, 5.74) is 0.699. The summed E-state index contributed by atoms with van der Waals surface area (Å²) < 4.78 is 52.9. The summed E-state index contributed by atoms with van der Waals surface area (Å²) in [6, 6.07) is 12.6. The molecule has 1 amide bonds. The Morgan fingerprint density at radius 3 is 2.77 bits per heavy atom. The maximum Gasteiger partial charge on any atom is 0.247 e. The van der Waals surface area contributed by atoms with Crippen LogP contribution in [0.25, 0.3) is 10.2 Å². The minimum absolute atomic E-state index is 0.0525. The Kier molecular flexibility index (Phi) is 6.30. The Morgan fingerprint density at radius 2 is 2.06 bits per heavy atom. The summed E-state index contributed by atoms with van der Waals surface area (Å²) in [7, 11) is -2.42. The SMILES string of the molecule is COc1ccc2nc(N(Cc3ccco3)C(=O)C3CCCN3S(=O)(=O)c3ccc(F)cc3)sc2c1. The number of rotatable bonds is 7. The van der Waals surface area contributed by atoms with Gasteiger partial charge in [0, 0.05) is 6.54 Å². The first-order chi connectivity index (χ1) is 16.9. The molecule has 8 nitrogen and oxygen atoms in total. The fraction of sp³-hybridized carbons (Fsp3) is 0.250.